The molecule has 130 valence electrons. The molecule has 1 N–H and O–H groups in total. The largest absolute Gasteiger partial charge is 0.386 e. The first-order chi connectivity index (χ1) is 12.2. The number of carbonyl (C=O) groups excluding carboxylic acids is 2. The number of Topliss-reactive ketones (excluding diaryl/α,β-unsaturated/α-hetero) is 1. The molecule has 1 heterocycles. The van der Waals surface area contributed by atoms with Crippen LogP contribution in [0.5, 0.6) is 0 Å². The highest BCUT2D eigenvalue weighted by Crippen LogP contribution is 2.30. The first-order valence-electron chi connectivity index (χ1n) is 8.77. The van der Waals surface area contributed by atoms with Crippen molar-refractivity contribution in [1.82, 2.24) is 4.90 Å². The summed E-state index contributed by atoms with van der Waals surface area (Å²) in [7, 11) is 0. The van der Waals surface area contributed by atoms with Gasteiger partial charge in [-0.25, -0.2) is 0 Å². The molecule has 1 fully saturated rings. The Morgan fingerprint density at radius 2 is 1.64 bits per heavy atom. The van der Waals surface area contributed by atoms with Crippen LogP contribution in [0.3, 0.4) is 0 Å². The van der Waals surface area contributed by atoms with Crippen LogP contribution in [0.25, 0.3) is 0 Å². The van der Waals surface area contributed by atoms with E-state index in [0.29, 0.717) is 12.1 Å². The molecule has 0 spiro atoms. The Bertz CT molecular complexity index is 714. The zero-order valence-electron chi connectivity index (χ0n) is 14.2. The number of nitrogens with zero attached hydrogens (tertiary/aromatic N) is 1. The minimum atomic E-state index is -0.683. The third-order valence-electron chi connectivity index (χ3n) is 4.79. The lowest BCUT2D eigenvalue weighted by Gasteiger charge is -2.29. The molecule has 1 amide bonds. The van der Waals surface area contributed by atoms with Crippen LogP contribution in [-0.4, -0.2) is 34.3 Å². The molecular weight excluding hydrogens is 314 g/mol. The highest BCUT2D eigenvalue weighted by atomic mass is 16.3. The smallest absolute Gasteiger partial charge is 0.223 e. The number of likely N-dealkylation sites (tertiary alicyclic amines) is 1. The third-order valence-corrected chi connectivity index (χ3v) is 4.79. The summed E-state index contributed by atoms with van der Waals surface area (Å²) in [6.45, 7) is 0.646. The normalized spacial score (nSPS) is 18.1. The average Bonchev–Trinajstić information content (AvgIpc) is 3.16. The number of carbonyl (C=O) groups is 2. The van der Waals surface area contributed by atoms with Gasteiger partial charge in [0.1, 0.15) is 0 Å². The quantitative estimate of drug-likeness (QED) is 0.822. The molecule has 1 aliphatic heterocycles. The number of hydrogen-bond donors (Lipinski definition) is 1. The molecule has 1 aliphatic rings. The number of hydrogen-bond acceptors (Lipinski definition) is 3. The Balaban J connectivity index is 1.60. The SMILES string of the molecule is O=C(CCC(=O)N1CCCC1[C@H](O)c1ccccc1)c1ccccc1. The van der Waals surface area contributed by atoms with E-state index in [1.165, 1.54) is 0 Å². The third kappa shape index (κ3) is 4.15. The maximum absolute atomic E-state index is 12.6. The summed E-state index contributed by atoms with van der Waals surface area (Å²) in [5.74, 6) is -0.0740. The second-order valence-electron chi connectivity index (χ2n) is 6.44. The number of aliphatic hydroxyl groups is 1. The summed E-state index contributed by atoms with van der Waals surface area (Å²) in [6, 6.07) is 18.3. The number of amides is 1. The lowest BCUT2D eigenvalue weighted by atomic mass is 10.00. The number of benzene rings is 2. The van der Waals surface area contributed by atoms with Crippen LogP contribution < -0.4 is 0 Å². The van der Waals surface area contributed by atoms with Crippen LogP contribution in [0.2, 0.25) is 0 Å². The molecule has 0 bridgehead atoms. The number of ketones is 1. The first kappa shape index (κ1) is 17.4. The molecule has 3 rings (SSSR count). The maximum Gasteiger partial charge on any atom is 0.223 e. The van der Waals surface area contributed by atoms with E-state index in [1.54, 1.807) is 17.0 Å². The fourth-order valence-electron chi connectivity index (χ4n) is 3.44. The predicted octanol–water partition coefficient (Wildman–Crippen LogP) is 3.37. The van der Waals surface area contributed by atoms with Gasteiger partial charge in [-0.05, 0) is 18.4 Å². The molecule has 4 nitrogen and oxygen atoms in total. The molecular formula is C21H23NO3. The zero-order chi connectivity index (χ0) is 17.6. The summed E-state index contributed by atoms with van der Waals surface area (Å²) in [5, 5.41) is 10.6. The van der Waals surface area contributed by atoms with E-state index >= 15 is 0 Å². The maximum atomic E-state index is 12.6. The summed E-state index contributed by atoms with van der Waals surface area (Å²) in [6.07, 6.45) is 1.37. The van der Waals surface area contributed by atoms with Gasteiger partial charge in [0.05, 0.1) is 12.1 Å². The van der Waals surface area contributed by atoms with Crippen molar-refractivity contribution in [2.45, 2.75) is 37.8 Å². The van der Waals surface area contributed by atoms with E-state index in [-0.39, 0.29) is 30.6 Å². The lowest BCUT2D eigenvalue weighted by Crippen LogP contribution is -2.39. The first-order valence-corrected chi connectivity index (χ1v) is 8.77. The van der Waals surface area contributed by atoms with Gasteiger partial charge in [-0.1, -0.05) is 60.7 Å². The minimum Gasteiger partial charge on any atom is -0.386 e. The standard InChI is InChI=1S/C21H23NO3/c23-19(16-8-3-1-4-9-16)13-14-20(24)22-15-7-12-18(22)21(25)17-10-5-2-6-11-17/h1-6,8-11,18,21,25H,7,12-15H2/t18?,21-/m1/s1. The van der Waals surface area contributed by atoms with Gasteiger partial charge < -0.3 is 10.0 Å². The zero-order valence-corrected chi connectivity index (χ0v) is 14.2. The predicted molar refractivity (Wildman–Crippen MR) is 96.1 cm³/mol. The fraction of sp³-hybridized carbons (Fsp3) is 0.333. The molecule has 2 aromatic rings. The topological polar surface area (TPSA) is 57.6 Å². The van der Waals surface area contributed by atoms with Gasteiger partial charge >= 0.3 is 0 Å². The molecule has 0 aliphatic carbocycles. The Kier molecular flexibility index (Phi) is 5.61. The van der Waals surface area contributed by atoms with Crippen LogP contribution in [0.4, 0.5) is 0 Å². The Hall–Kier alpha value is -2.46. The van der Waals surface area contributed by atoms with Gasteiger partial charge in [-0.2, -0.15) is 0 Å². The van der Waals surface area contributed by atoms with Crippen molar-refractivity contribution in [2.75, 3.05) is 6.54 Å². The van der Waals surface area contributed by atoms with Crippen molar-refractivity contribution in [3.63, 3.8) is 0 Å². The molecule has 2 atom stereocenters. The summed E-state index contributed by atoms with van der Waals surface area (Å²) in [5.41, 5.74) is 1.46. The highest BCUT2D eigenvalue weighted by Gasteiger charge is 2.34. The number of aliphatic hydroxyl groups excluding tert-OH is 1. The molecule has 0 saturated carbocycles. The van der Waals surface area contributed by atoms with Gasteiger partial charge in [0, 0.05) is 24.9 Å². The van der Waals surface area contributed by atoms with Gasteiger partial charge in [-0.3, -0.25) is 9.59 Å². The second-order valence-corrected chi connectivity index (χ2v) is 6.44. The van der Waals surface area contributed by atoms with Crippen LogP contribution in [0.15, 0.2) is 60.7 Å². The van der Waals surface area contributed by atoms with Gasteiger partial charge in [0.15, 0.2) is 5.78 Å². The minimum absolute atomic E-state index is 0.0201. The molecule has 1 unspecified atom stereocenters. The van der Waals surface area contributed by atoms with Crippen molar-refractivity contribution in [3.05, 3.63) is 71.8 Å². The van der Waals surface area contributed by atoms with Gasteiger partial charge in [0.2, 0.25) is 5.91 Å². The second kappa shape index (κ2) is 8.08. The van der Waals surface area contributed by atoms with E-state index in [0.717, 1.165) is 18.4 Å². The Morgan fingerprint density at radius 1 is 1.00 bits per heavy atom. The van der Waals surface area contributed by atoms with E-state index < -0.39 is 6.10 Å². The molecule has 0 radical (unpaired) electrons. The molecule has 0 aromatic heterocycles. The van der Waals surface area contributed by atoms with Gasteiger partial charge in [0.25, 0.3) is 0 Å². The van der Waals surface area contributed by atoms with Crippen molar-refractivity contribution >= 4 is 11.7 Å². The van der Waals surface area contributed by atoms with Gasteiger partial charge in [-0.15, -0.1) is 0 Å². The van der Waals surface area contributed by atoms with E-state index in [2.05, 4.69) is 0 Å². The average molecular weight is 337 g/mol. The van der Waals surface area contributed by atoms with Crippen molar-refractivity contribution in [3.8, 4) is 0 Å². The Morgan fingerprint density at radius 3 is 2.32 bits per heavy atom. The van der Waals surface area contributed by atoms with E-state index in [9.17, 15) is 14.7 Å². The van der Waals surface area contributed by atoms with Crippen LogP contribution in [0.1, 0.15) is 47.7 Å². The molecule has 25 heavy (non-hydrogen) atoms. The molecule has 4 heteroatoms. The molecule has 1 saturated heterocycles. The van der Waals surface area contributed by atoms with Crippen LogP contribution in [-0.2, 0) is 4.79 Å². The highest BCUT2D eigenvalue weighted by molar-refractivity contribution is 5.97. The lowest BCUT2D eigenvalue weighted by molar-refractivity contribution is -0.134. The summed E-state index contributed by atoms with van der Waals surface area (Å²) >= 11 is 0. The van der Waals surface area contributed by atoms with Crippen molar-refractivity contribution < 1.29 is 14.7 Å². The van der Waals surface area contributed by atoms with E-state index in [4.69, 9.17) is 0 Å². The van der Waals surface area contributed by atoms with Crippen LogP contribution in [0, 0.1) is 0 Å². The monoisotopic (exact) mass is 337 g/mol. The van der Waals surface area contributed by atoms with Crippen molar-refractivity contribution in [1.29, 1.82) is 0 Å². The Labute approximate surface area is 148 Å². The summed E-state index contributed by atoms with van der Waals surface area (Å²) < 4.78 is 0. The summed E-state index contributed by atoms with van der Waals surface area (Å²) in [4.78, 5) is 26.5. The number of rotatable bonds is 6. The van der Waals surface area contributed by atoms with E-state index in [1.807, 2.05) is 48.5 Å². The van der Waals surface area contributed by atoms with Crippen LogP contribution >= 0.6 is 0 Å². The fourth-order valence-corrected chi connectivity index (χ4v) is 3.44. The van der Waals surface area contributed by atoms with Crippen molar-refractivity contribution in [2.24, 2.45) is 0 Å². The molecule has 2 aromatic carbocycles.